The molecule has 0 saturated carbocycles. The summed E-state index contributed by atoms with van der Waals surface area (Å²) >= 11 is 0. The lowest BCUT2D eigenvalue weighted by molar-refractivity contribution is -0.145. The zero-order chi connectivity index (χ0) is 13.9. The highest BCUT2D eigenvalue weighted by Crippen LogP contribution is 2.14. The first-order valence-corrected chi connectivity index (χ1v) is 6.85. The van der Waals surface area contributed by atoms with Gasteiger partial charge in [-0.25, -0.2) is 4.79 Å². The minimum absolute atomic E-state index is 0.222. The Bertz CT molecular complexity index is 354. The number of carbonyl (C=O) groups excluding carboxylic acids is 1. The standard InChI is InChI=1S/C15H23NO3/c1-2-19-15(18)14(13-9-5-3-6-10-13)16-11-7-4-8-12-17/h3,5-6,9-10,14,16-17H,2,4,7-8,11-12H2,1H3. The zero-order valence-electron chi connectivity index (χ0n) is 11.5. The Labute approximate surface area is 114 Å². The maximum Gasteiger partial charge on any atom is 0.327 e. The van der Waals surface area contributed by atoms with Crippen molar-refractivity contribution in [3.8, 4) is 0 Å². The number of aliphatic hydroxyl groups excluding tert-OH is 1. The molecule has 106 valence electrons. The van der Waals surface area contributed by atoms with Gasteiger partial charge in [0.1, 0.15) is 6.04 Å². The Balaban J connectivity index is 2.53. The Hall–Kier alpha value is -1.39. The predicted molar refractivity (Wildman–Crippen MR) is 74.8 cm³/mol. The first-order chi connectivity index (χ1) is 9.29. The second kappa shape index (κ2) is 9.53. The number of carbonyl (C=O) groups is 1. The summed E-state index contributed by atoms with van der Waals surface area (Å²) < 4.78 is 5.10. The molecule has 0 fully saturated rings. The van der Waals surface area contributed by atoms with E-state index < -0.39 is 6.04 Å². The van der Waals surface area contributed by atoms with Gasteiger partial charge in [-0.15, -0.1) is 0 Å². The van der Waals surface area contributed by atoms with Crippen LogP contribution in [0.3, 0.4) is 0 Å². The van der Waals surface area contributed by atoms with Crippen LogP contribution in [-0.2, 0) is 9.53 Å². The highest BCUT2D eigenvalue weighted by molar-refractivity contribution is 5.77. The molecule has 1 aromatic carbocycles. The molecule has 4 heteroatoms. The summed E-state index contributed by atoms with van der Waals surface area (Å²) in [5.41, 5.74) is 0.920. The minimum Gasteiger partial charge on any atom is -0.465 e. The van der Waals surface area contributed by atoms with Crippen LogP contribution in [0, 0.1) is 0 Å². The number of unbranched alkanes of at least 4 members (excludes halogenated alkanes) is 2. The molecule has 0 bridgehead atoms. The van der Waals surface area contributed by atoms with Gasteiger partial charge in [-0.2, -0.15) is 0 Å². The molecule has 1 unspecified atom stereocenters. The second-order valence-corrected chi connectivity index (χ2v) is 4.33. The summed E-state index contributed by atoms with van der Waals surface area (Å²) in [5.74, 6) is -0.240. The van der Waals surface area contributed by atoms with Crippen LogP contribution in [0.4, 0.5) is 0 Å². The number of aliphatic hydroxyl groups is 1. The maximum atomic E-state index is 11.9. The van der Waals surface area contributed by atoms with E-state index in [-0.39, 0.29) is 12.6 Å². The van der Waals surface area contributed by atoms with Gasteiger partial charge in [0.05, 0.1) is 6.61 Å². The van der Waals surface area contributed by atoms with Crippen molar-refractivity contribution in [3.05, 3.63) is 35.9 Å². The van der Waals surface area contributed by atoms with Gasteiger partial charge in [-0.1, -0.05) is 30.3 Å². The van der Waals surface area contributed by atoms with Crippen molar-refractivity contribution in [1.82, 2.24) is 5.32 Å². The van der Waals surface area contributed by atoms with Crippen molar-refractivity contribution in [1.29, 1.82) is 0 Å². The molecule has 2 N–H and O–H groups in total. The summed E-state index contributed by atoms with van der Waals surface area (Å²) in [6.45, 7) is 3.15. The molecule has 4 nitrogen and oxygen atoms in total. The molecular weight excluding hydrogens is 242 g/mol. The zero-order valence-corrected chi connectivity index (χ0v) is 11.5. The van der Waals surface area contributed by atoms with E-state index >= 15 is 0 Å². The first-order valence-electron chi connectivity index (χ1n) is 6.85. The summed E-state index contributed by atoms with van der Waals surface area (Å²) in [6, 6.07) is 9.18. The van der Waals surface area contributed by atoms with E-state index in [0.717, 1.165) is 31.4 Å². The van der Waals surface area contributed by atoms with Crippen LogP contribution in [0.15, 0.2) is 30.3 Å². The monoisotopic (exact) mass is 265 g/mol. The molecule has 0 amide bonds. The van der Waals surface area contributed by atoms with Crippen molar-refractivity contribution >= 4 is 5.97 Å². The molecule has 1 atom stereocenters. The highest BCUT2D eigenvalue weighted by Gasteiger charge is 2.20. The Morgan fingerprint density at radius 1 is 1.26 bits per heavy atom. The molecule has 0 radical (unpaired) electrons. The summed E-state index contributed by atoms with van der Waals surface area (Å²) in [6.07, 6.45) is 2.69. The lowest BCUT2D eigenvalue weighted by atomic mass is 10.1. The second-order valence-electron chi connectivity index (χ2n) is 4.33. The van der Waals surface area contributed by atoms with Crippen molar-refractivity contribution < 1.29 is 14.6 Å². The van der Waals surface area contributed by atoms with E-state index in [9.17, 15) is 4.79 Å². The fourth-order valence-corrected chi connectivity index (χ4v) is 1.87. The summed E-state index contributed by atoms with van der Waals surface area (Å²) in [4.78, 5) is 11.9. The molecule has 0 aromatic heterocycles. The molecule has 0 aliphatic heterocycles. The fourth-order valence-electron chi connectivity index (χ4n) is 1.87. The van der Waals surface area contributed by atoms with Gasteiger partial charge in [0.15, 0.2) is 0 Å². The van der Waals surface area contributed by atoms with E-state index in [1.807, 2.05) is 30.3 Å². The van der Waals surface area contributed by atoms with Crippen molar-refractivity contribution in [2.75, 3.05) is 19.8 Å². The normalized spacial score (nSPS) is 12.1. The molecule has 0 heterocycles. The van der Waals surface area contributed by atoms with Crippen LogP contribution < -0.4 is 5.32 Å². The van der Waals surface area contributed by atoms with Gasteiger partial charge >= 0.3 is 5.97 Å². The van der Waals surface area contributed by atoms with E-state index in [4.69, 9.17) is 9.84 Å². The first kappa shape index (κ1) is 15.7. The summed E-state index contributed by atoms with van der Waals surface area (Å²) in [7, 11) is 0. The Morgan fingerprint density at radius 2 is 2.00 bits per heavy atom. The topological polar surface area (TPSA) is 58.6 Å². The number of nitrogens with one attached hydrogen (secondary N) is 1. The molecule has 0 saturated heterocycles. The highest BCUT2D eigenvalue weighted by atomic mass is 16.5. The van der Waals surface area contributed by atoms with Crippen LogP contribution in [0.25, 0.3) is 0 Å². The molecule has 1 aromatic rings. The number of hydrogen-bond acceptors (Lipinski definition) is 4. The SMILES string of the molecule is CCOC(=O)C(NCCCCCO)c1ccccc1. The van der Waals surface area contributed by atoms with Crippen molar-refractivity contribution in [2.24, 2.45) is 0 Å². The van der Waals surface area contributed by atoms with Gasteiger partial charge in [-0.05, 0) is 38.3 Å². The van der Waals surface area contributed by atoms with Crippen LogP contribution in [0.5, 0.6) is 0 Å². The van der Waals surface area contributed by atoms with Gasteiger partial charge in [-0.3, -0.25) is 0 Å². The van der Waals surface area contributed by atoms with Crippen molar-refractivity contribution in [2.45, 2.75) is 32.2 Å². The third kappa shape index (κ3) is 5.85. The third-order valence-corrected chi connectivity index (χ3v) is 2.84. The number of ether oxygens (including phenoxy) is 1. The molecule has 0 spiro atoms. The van der Waals surface area contributed by atoms with Gasteiger partial charge in [0, 0.05) is 6.61 Å². The van der Waals surface area contributed by atoms with Gasteiger partial charge < -0.3 is 15.2 Å². The molecule has 0 aliphatic carbocycles. The average molecular weight is 265 g/mol. The fraction of sp³-hybridized carbons (Fsp3) is 0.533. The average Bonchev–Trinajstić information content (AvgIpc) is 2.44. The molecule has 1 rings (SSSR count). The van der Waals surface area contributed by atoms with Crippen LogP contribution in [0.2, 0.25) is 0 Å². The predicted octanol–water partition coefficient (Wildman–Crippen LogP) is 2.04. The van der Waals surface area contributed by atoms with E-state index in [1.54, 1.807) is 6.92 Å². The molecule has 19 heavy (non-hydrogen) atoms. The number of rotatable bonds is 9. The quantitative estimate of drug-likeness (QED) is 0.530. The maximum absolute atomic E-state index is 11.9. The number of esters is 1. The van der Waals surface area contributed by atoms with Gasteiger partial charge in [0.25, 0.3) is 0 Å². The van der Waals surface area contributed by atoms with Crippen LogP contribution >= 0.6 is 0 Å². The van der Waals surface area contributed by atoms with E-state index in [2.05, 4.69) is 5.32 Å². The van der Waals surface area contributed by atoms with E-state index in [1.165, 1.54) is 0 Å². The number of hydrogen-bond donors (Lipinski definition) is 2. The van der Waals surface area contributed by atoms with E-state index in [0.29, 0.717) is 6.61 Å². The Morgan fingerprint density at radius 3 is 2.63 bits per heavy atom. The van der Waals surface area contributed by atoms with Crippen LogP contribution in [-0.4, -0.2) is 30.8 Å². The van der Waals surface area contributed by atoms with Crippen LogP contribution in [0.1, 0.15) is 37.8 Å². The lowest BCUT2D eigenvalue weighted by Crippen LogP contribution is -2.31. The van der Waals surface area contributed by atoms with Crippen molar-refractivity contribution in [3.63, 3.8) is 0 Å². The smallest absolute Gasteiger partial charge is 0.327 e. The summed E-state index contributed by atoms with van der Waals surface area (Å²) in [5, 5.41) is 11.9. The largest absolute Gasteiger partial charge is 0.465 e. The van der Waals surface area contributed by atoms with Gasteiger partial charge in [0.2, 0.25) is 0 Å². The third-order valence-electron chi connectivity index (χ3n) is 2.84. The Kier molecular flexibility index (Phi) is 7.86. The number of benzene rings is 1. The lowest BCUT2D eigenvalue weighted by Gasteiger charge is -2.17. The minimum atomic E-state index is -0.407. The molecular formula is C15H23NO3. The molecule has 0 aliphatic rings.